The molecule has 2 rings (SSSR count). The molecular weight excluding hydrogens is 236 g/mol. The van der Waals surface area contributed by atoms with Gasteiger partial charge in [-0.25, -0.2) is 0 Å². The van der Waals surface area contributed by atoms with Crippen LogP contribution in [-0.4, -0.2) is 14.0 Å². The van der Waals surface area contributed by atoms with E-state index in [1.807, 2.05) is 13.8 Å². The Kier molecular flexibility index (Phi) is 2.87. The van der Waals surface area contributed by atoms with Crippen molar-refractivity contribution in [3.63, 3.8) is 0 Å². The lowest BCUT2D eigenvalue weighted by atomic mass is 10.2. The fraction of sp³-hybridized carbons (Fsp3) is 0.385. The average Bonchev–Trinajstić information content (AvgIpc) is 2.89. The molecule has 2 atom stereocenters. The Morgan fingerprint density at radius 1 is 1.41 bits per heavy atom. The summed E-state index contributed by atoms with van der Waals surface area (Å²) in [4.78, 5) is 0.198. The van der Waals surface area contributed by atoms with Crippen LogP contribution in [0.3, 0.4) is 0 Å². The summed E-state index contributed by atoms with van der Waals surface area (Å²) < 4.78 is 29.3. The molecule has 0 aromatic heterocycles. The molecule has 0 aliphatic heterocycles. The van der Waals surface area contributed by atoms with E-state index in [1.54, 1.807) is 30.3 Å². The first-order valence-corrected chi connectivity index (χ1v) is 6.96. The molecule has 0 heterocycles. The normalized spacial score (nSPS) is 27.8. The van der Waals surface area contributed by atoms with E-state index in [4.69, 9.17) is 4.18 Å². The van der Waals surface area contributed by atoms with Crippen LogP contribution in [0.15, 0.2) is 41.8 Å². The highest BCUT2D eigenvalue weighted by atomic mass is 32.2. The second-order valence-electron chi connectivity index (χ2n) is 4.61. The Hall–Kier alpha value is -1.13. The second-order valence-corrected chi connectivity index (χ2v) is 6.16. The van der Waals surface area contributed by atoms with Gasteiger partial charge in [0.1, 0.15) is 5.60 Å². The molecule has 1 aromatic carbocycles. The zero-order chi connectivity index (χ0) is 12.7. The van der Waals surface area contributed by atoms with E-state index >= 15 is 0 Å². The topological polar surface area (TPSA) is 43.4 Å². The number of hydrogen-bond acceptors (Lipinski definition) is 3. The lowest BCUT2D eigenvalue weighted by molar-refractivity contribution is 0.221. The third-order valence-electron chi connectivity index (χ3n) is 3.22. The van der Waals surface area contributed by atoms with Crippen LogP contribution in [0.4, 0.5) is 0 Å². The predicted molar refractivity (Wildman–Crippen MR) is 66.2 cm³/mol. The van der Waals surface area contributed by atoms with Gasteiger partial charge in [-0.3, -0.25) is 4.18 Å². The number of rotatable bonds is 4. The predicted octanol–water partition coefficient (Wildman–Crippen LogP) is 2.66. The van der Waals surface area contributed by atoms with Crippen LogP contribution in [0.25, 0.3) is 0 Å². The molecular formula is C13H16O3S. The Balaban J connectivity index is 2.26. The van der Waals surface area contributed by atoms with Crippen LogP contribution in [0.1, 0.15) is 18.9 Å². The van der Waals surface area contributed by atoms with Gasteiger partial charge < -0.3 is 0 Å². The molecule has 0 amide bonds. The van der Waals surface area contributed by atoms with E-state index in [-0.39, 0.29) is 10.8 Å². The van der Waals surface area contributed by atoms with Crippen molar-refractivity contribution in [2.45, 2.75) is 30.8 Å². The fourth-order valence-corrected chi connectivity index (χ4v) is 3.09. The highest BCUT2D eigenvalue weighted by molar-refractivity contribution is 7.86. The number of benzene rings is 1. The van der Waals surface area contributed by atoms with Crippen molar-refractivity contribution in [3.05, 3.63) is 42.5 Å². The maximum Gasteiger partial charge on any atom is 0.297 e. The second kappa shape index (κ2) is 3.96. The highest BCUT2D eigenvalue weighted by Gasteiger charge is 2.53. The highest BCUT2D eigenvalue weighted by Crippen LogP contribution is 2.49. The van der Waals surface area contributed by atoms with Crippen molar-refractivity contribution < 1.29 is 12.6 Å². The lowest BCUT2D eigenvalue weighted by Crippen LogP contribution is -2.19. The maximum atomic E-state index is 12.0. The molecule has 0 unspecified atom stereocenters. The van der Waals surface area contributed by atoms with Gasteiger partial charge in [0.2, 0.25) is 0 Å². The van der Waals surface area contributed by atoms with Gasteiger partial charge in [0.25, 0.3) is 10.1 Å². The monoisotopic (exact) mass is 252 g/mol. The first kappa shape index (κ1) is 12.3. The summed E-state index contributed by atoms with van der Waals surface area (Å²) in [6.07, 6.45) is 2.30. The lowest BCUT2D eigenvalue weighted by Gasteiger charge is -2.13. The van der Waals surface area contributed by atoms with Gasteiger partial charge in [0.15, 0.2) is 0 Å². The molecule has 1 aliphatic carbocycles. The zero-order valence-electron chi connectivity index (χ0n) is 10.0. The van der Waals surface area contributed by atoms with Gasteiger partial charge in [0.05, 0.1) is 4.90 Å². The first-order valence-electron chi connectivity index (χ1n) is 5.55. The van der Waals surface area contributed by atoms with Crippen molar-refractivity contribution in [2.75, 3.05) is 0 Å². The molecule has 1 fully saturated rings. The minimum atomic E-state index is -3.69. The quantitative estimate of drug-likeness (QED) is 0.611. The van der Waals surface area contributed by atoms with E-state index in [1.165, 1.54) is 0 Å². The van der Waals surface area contributed by atoms with Gasteiger partial charge in [-0.15, -0.1) is 6.58 Å². The van der Waals surface area contributed by atoms with E-state index in [0.29, 0.717) is 6.42 Å². The molecule has 92 valence electrons. The van der Waals surface area contributed by atoms with Crippen molar-refractivity contribution in [3.8, 4) is 0 Å². The molecule has 0 saturated heterocycles. The molecule has 0 spiro atoms. The minimum absolute atomic E-state index is 0.198. The molecule has 17 heavy (non-hydrogen) atoms. The Morgan fingerprint density at radius 3 is 2.35 bits per heavy atom. The molecule has 1 saturated carbocycles. The smallest absolute Gasteiger partial charge is 0.255 e. The standard InChI is InChI=1S/C13H16O3S/c1-4-13(9-11(13)3)16-17(14,15)12-7-5-10(2)6-8-12/h4-8,11H,1,9H2,2-3H3/t11-,13+/m0/s1. The molecule has 1 aromatic rings. The largest absolute Gasteiger partial charge is 0.297 e. The molecule has 0 N–H and O–H groups in total. The summed E-state index contributed by atoms with van der Waals surface area (Å²) in [5.41, 5.74) is 0.325. The van der Waals surface area contributed by atoms with Crippen molar-refractivity contribution in [1.29, 1.82) is 0 Å². The average molecular weight is 252 g/mol. The van der Waals surface area contributed by atoms with Gasteiger partial charge in [0, 0.05) is 0 Å². The Labute approximate surface area is 102 Å². The minimum Gasteiger partial charge on any atom is -0.255 e. The van der Waals surface area contributed by atoms with Crippen molar-refractivity contribution in [1.82, 2.24) is 0 Å². The van der Waals surface area contributed by atoms with E-state index in [0.717, 1.165) is 5.56 Å². The number of aryl methyl sites for hydroxylation is 1. The summed E-state index contributed by atoms with van der Waals surface area (Å²) in [5.74, 6) is 0.209. The fourth-order valence-electron chi connectivity index (χ4n) is 1.81. The van der Waals surface area contributed by atoms with Crippen molar-refractivity contribution >= 4 is 10.1 Å². The van der Waals surface area contributed by atoms with Gasteiger partial charge in [-0.05, 0) is 31.4 Å². The molecule has 4 heteroatoms. The maximum absolute atomic E-state index is 12.0. The van der Waals surface area contributed by atoms with Crippen LogP contribution < -0.4 is 0 Å². The molecule has 0 bridgehead atoms. The summed E-state index contributed by atoms with van der Waals surface area (Å²) >= 11 is 0. The Morgan fingerprint density at radius 2 is 1.94 bits per heavy atom. The summed E-state index contributed by atoms with van der Waals surface area (Å²) in [6.45, 7) is 7.51. The molecule has 3 nitrogen and oxygen atoms in total. The summed E-state index contributed by atoms with van der Waals surface area (Å²) in [6, 6.07) is 6.64. The number of hydrogen-bond donors (Lipinski definition) is 0. The van der Waals surface area contributed by atoms with Crippen LogP contribution in [0, 0.1) is 12.8 Å². The summed E-state index contributed by atoms with van der Waals surface area (Å²) in [7, 11) is -3.69. The third-order valence-corrected chi connectivity index (χ3v) is 4.60. The molecule has 0 radical (unpaired) electrons. The summed E-state index contributed by atoms with van der Waals surface area (Å²) in [5, 5.41) is 0. The van der Waals surface area contributed by atoms with E-state index in [2.05, 4.69) is 6.58 Å². The van der Waals surface area contributed by atoms with Gasteiger partial charge >= 0.3 is 0 Å². The zero-order valence-corrected chi connectivity index (χ0v) is 10.8. The van der Waals surface area contributed by atoms with E-state index in [9.17, 15) is 8.42 Å². The van der Waals surface area contributed by atoms with Crippen LogP contribution in [0.2, 0.25) is 0 Å². The van der Waals surface area contributed by atoms with Gasteiger partial charge in [-0.1, -0.05) is 30.7 Å². The van der Waals surface area contributed by atoms with Crippen LogP contribution in [-0.2, 0) is 14.3 Å². The van der Waals surface area contributed by atoms with E-state index < -0.39 is 15.7 Å². The van der Waals surface area contributed by atoms with Gasteiger partial charge in [-0.2, -0.15) is 8.42 Å². The Bertz CT molecular complexity index is 530. The molecule has 1 aliphatic rings. The van der Waals surface area contributed by atoms with Crippen LogP contribution >= 0.6 is 0 Å². The SMILES string of the molecule is C=C[C@@]1(OS(=O)(=O)c2ccc(C)cc2)C[C@@H]1C. The first-order chi connectivity index (χ1) is 7.89. The third kappa shape index (κ3) is 2.28. The van der Waals surface area contributed by atoms with Crippen LogP contribution in [0.5, 0.6) is 0 Å². The van der Waals surface area contributed by atoms with Crippen molar-refractivity contribution in [2.24, 2.45) is 5.92 Å².